The summed E-state index contributed by atoms with van der Waals surface area (Å²) in [6.07, 6.45) is 0. The van der Waals surface area contributed by atoms with E-state index in [9.17, 15) is 4.79 Å². The number of hydrogen-bond donors (Lipinski definition) is 2. The van der Waals surface area contributed by atoms with Crippen LogP contribution in [0, 0.1) is 6.92 Å². The fourth-order valence-electron chi connectivity index (χ4n) is 2.27. The molecule has 4 nitrogen and oxygen atoms in total. The molecular weight excluding hydrogens is 356 g/mol. The molecule has 0 radical (unpaired) electrons. The van der Waals surface area contributed by atoms with Crippen molar-refractivity contribution in [2.45, 2.75) is 26.8 Å². The van der Waals surface area contributed by atoms with Gasteiger partial charge in [0.05, 0.1) is 12.6 Å². The van der Waals surface area contributed by atoms with Crippen molar-refractivity contribution in [1.29, 1.82) is 0 Å². The Morgan fingerprint density at radius 2 is 1.91 bits per heavy atom. The fourth-order valence-corrected chi connectivity index (χ4v) is 2.53. The second-order valence-corrected chi connectivity index (χ2v) is 6.22. The molecular formula is C18H21BrN2O2. The van der Waals surface area contributed by atoms with Crippen molar-refractivity contribution in [3.63, 3.8) is 0 Å². The molecule has 2 aromatic rings. The SMILES string of the molecule is CCOc1ccc(C)cc1C(C)NC(=O)Nc1ccc(Br)cc1. The quantitative estimate of drug-likeness (QED) is 0.767. The summed E-state index contributed by atoms with van der Waals surface area (Å²) in [4.78, 5) is 12.2. The minimum Gasteiger partial charge on any atom is -0.494 e. The van der Waals surface area contributed by atoms with Crippen molar-refractivity contribution in [1.82, 2.24) is 5.32 Å². The van der Waals surface area contributed by atoms with Gasteiger partial charge in [-0.05, 0) is 51.1 Å². The first-order chi connectivity index (χ1) is 11.0. The lowest BCUT2D eigenvalue weighted by atomic mass is 10.0. The van der Waals surface area contributed by atoms with Crippen LogP contribution in [0.25, 0.3) is 0 Å². The number of ether oxygens (including phenoxy) is 1. The molecule has 2 N–H and O–H groups in total. The van der Waals surface area contributed by atoms with Crippen LogP contribution in [0.4, 0.5) is 10.5 Å². The van der Waals surface area contributed by atoms with Crippen LogP contribution in [0.3, 0.4) is 0 Å². The molecule has 0 saturated carbocycles. The lowest BCUT2D eigenvalue weighted by Crippen LogP contribution is -2.31. The first-order valence-electron chi connectivity index (χ1n) is 7.56. The van der Waals surface area contributed by atoms with Gasteiger partial charge in [0.25, 0.3) is 0 Å². The van der Waals surface area contributed by atoms with E-state index in [0.717, 1.165) is 27.0 Å². The van der Waals surface area contributed by atoms with Crippen LogP contribution in [-0.2, 0) is 0 Å². The van der Waals surface area contributed by atoms with Crippen LogP contribution in [0.1, 0.15) is 31.0 Å². The summed E-state index contributed by atoms with van der Waals surface area (Å²) in [5, 5.41) is 5.77. The van der Waals surface area contributed by atoms with Crippen molar-refractivity contribution >= 4 is 27.6 Å². The average molecular weight is 377 g/mol. The number of carbonyl (C=O) groups is 1. The lowest BCUT2D eigenvalue weighted by Gasteiger charge is -2.19. The zero-order chi connectivity index (χ0) is 16.8. The van der Waals surface area contributed by atoms with Crippen LogP contribution in [0.2, 0.25) is 0 Å². The van der Waals surface area contributed by atoms with E-state index >= 15 is 0 Å². The second kappa shape index (κ2) is 8.02. The average Bonchev–Trinajstić information content (AvgIpc) is 2.51. The predicted molar refractivity (Wildman–Crippen MR) is 97.1 cm³/mol. The van der Waals surface area contributed by atoms with Gasteiger partial charge in [0.15, 0.2) is 0 Å². The number of rotatable bonds is 5. The van der Waals surface area contributed by atoms with Crippen molar-refractivity contribution in [3.05, 3.63) is 58.1 Å². The largest absolute Gasteiger partial charge is 0.494 e. The standard InChI is InChI=1S/C18H21BrN2O2/c1-4-23-17-10-5-12(2)11-16(17)13(3)20-18(22)21-15-8-6-14(19)7-9-15/h5-11,13H,4H2,1-3H3,(H2,20,21,22). The summed E-state index contributed by atoms with van der Waals surface area (Å²) in [5.41, 5.74) is 2.84. The number of amides is 2. The summed E-state index contributed by atoms with van der Waals surface area (Å²) in [6.45, 7) is 6.50. The number of carbonyl (C=O) groups excluding carboxylic acids is 1. The van der Waals surface area contributed by atoms with Crippen molar-refractivity contribution < 1.29 is 9.53 Å². The molecule has 2 aromatic carbocycles. The van der Waals surface area contributed by atoms with Gasteiger partial charge in [0, 0.05) is 15.7 Å². The molecule has 0 fully saturated rings. The van der Waals surface area contributed by atoms with Gasteiger partial charge in [-0.15, -0.1) is 0 Å². The maximum Gasteiger partial charge on any atom is 0.319 e. The predicted octanol–water partition coefficient (Wildman–Crippen LogP) is 5.04. The van der Waals surface area contributed by atoms with Crippen LogP contribution >= 0.6 is 15.9 Å². The van der Waals surface area contributed by atoms with E-state index in [0.29, 0.717) is 6.61 Å². The smallest absolute Gasteiger partial charge is 0.319 e. The molecule has 5 heteroatoms. The molecule has 2 rings (SSSR count). The van der Waals surface area contributed by atoms with E-state index in [1.165, 1.54) is 0 Å². The molecule has 0 aromatic heterocycles. The van der Waals surface area contributed by atoms with Gasteiger partial charge in [-0.2, -0.15) is 0 Å². The molecule has 1 unspecified atom stereocenters. The Morgan fingerprint density at radius 3 is 2.57 bits per heavy atom. The highest BCUT2D eigenvalue weighted by Gasteiger charge is 2.14. The molecule has 122 valence electrons. The normalized spacial score (nSPS) is 11.7. The Morgan fingerprint density at radius 1 is 1.22 bits per heavy atom. The highest BCUT2D eigenvalue weighted by Crippen LogP contribution is 2.26. The Balaban J connectivity index is 2.06. The lowest BCUT2D eigenvalue weighted by molar-refractivity contribution is 0.249. The number of benzene rings is 2. The highest BCUT2D eigenvalue weighted by molar-refractivity contribution is 9.10. The molecule has 0 aliphatic rings. The van der Waals surface area contributed by atoms with Gasteiger partial charge < -0.3 is 15.4 Å². The Bertz CT molecular complexity index is 671. The molecule has 0 aliphatic carbocycles. The summed E-state index contributed by atoms with van der Waals surface area (Å²) < 4.78 is 6.62. The van der Waals surface area contributed by atoms with Crippen LogP contribution < -0.4 is 15.4 Å². The number of aryl methyl sites for hydroxylation is 1. The third kappa shape index (κ3) is 4.99. The number of anilines is 1. The first-order valence-corrected chi connectivity index (χ1v) is 8.35. The molecule has 0 heterocycles. The molecule has 0 aliphatic heterocycles. The van der Waals surface area contributed by atoms with Crippen molar-refractivity contribution in [2.24, 2.45) is 0 Å². The minimum atomic E-state index is -0.247. The minimum absolute atomic E-state index is 0.160. The zero-order valence-corrected chi connectivity index (χ0v) is 15.1. The fraction of sp³-hybridized carbons (Fsp3) is 0.278. The van der Waals surface area contributed by atoms with E-state index in [2.05, 4.69) is 26.6 Å². The van der Waals surface area contributed by atoms with Gasteiger partial charge in [0.2, 0.25) is 0 Å². The summed E-state index contributed by atoms with van der Waals surface area (Å²) in [5.74, 6) is 0.801. The maximum absolute atomic E-state index is 12.2. The van der Waals surface area contributed by atoms with E-state index in [1.54, 1.807) is 0 Å². The molecule has 0 bridgehead atoms. The second-order valence-electron chi connectivity index (χ2n) is 5.30. The molecule has 2 amide bonds. The van der Waals surface area contributed by atoms with E-state index < -0.39 is 0 Å². The van der Waals surface area contributed by atoms with Gasteiger partial charge in [-0.1, -0.05) is 33.6 Å². The maximum atomic E-state index is 12.2. The molecule has 1 atom stereocenters. The third-order valence-corrected chi connectivity index (χ3v) is 3.91. The van der Waals surface area contributed by atoms with E-state index in [4.69, 9.17) is 4.74 Å². The monoisotopic (exact) mass is 376 g/mol. The number of urea groups is 1. The Hall–Kier alpha value is -2.01. The molecule has 23 heavy (non-hydrogen) atoms. The number of hydrogen-bond acceptors (Lipinski definition) is 2. The molecule has 0 saturated heterocycles. The number of nitrogens with one attached hydrogen (secondary N) is 2. The van der Waals surface area contributed by atoms with Crippen LogP contribution in [0.5, 0.6) is 5.75 Å². The summed E-state index contributed by atoms with van der Waals surface area (Å²) >= 11 is 3.37. The third-order valence-electron chi connectivity index (χ3n) is 3.38. The van der Waals surface area contributed by atoms with Crippen molar-refractivity contribution in [2.75, 3.05) is 11.9 Å². The van der Waals surface area contributed by atoms with Crippen LogP contribution in [-0.4, -0.2) is 12.6 Å². The van der Waals surface area contributed by atoms with Crippen molar-refractivity contribution in [3.8, 4) is 5.75 Å². The van der Waals surface area contributed by atoms with Crippen LogP contribution in [0.15, 0.2) is 46.9 Å². The Labute approximate surface area is 145 Å². The Kier molecular flexibility index (Phi) is 6.04. The van der Waals surface area contributed by atoms with E-state index in [1.807, 2.05) is 63.2 Å². The van der Waals surface area contributed by atoms with Gasteiger partial charge in [-0.3, -0.25) is 0 Å². The van der Waals surface area contributed by atoms with Gasteiger partial charge in [-0.25, -0.2) is 4.79 Å². The van der Waals surface area contributed by atoms with Gasteiger partial charge in [0.1, 0.15) is 5.75 Å². The highest BCUT2D eigenvalue weighted by atomic mass is 79.9. The first kappa shape index (κ1) is 17.3. The molecule has 0 spiro atoms. The summed E-state index contributed by atoms with van der Waals surface area (Å²) in [7, 11) is 0. The topological polar surface area (TPSA) is 50.4 Å². The van der Waals surface area contributed by atoms with Gasteiger partial charge >= 0.3 is 6.03 Å². The zero-order valence-electron chi connectivity index (χ0n) is 13.5. The van der Waals surface area contributed by atoms with E-state index in [-0.39, 0.29) is 12.1 Å². The summed E-state index contributed by atoms with van der Waals surface area (Å²) in [6, 6.07) is 13.0. The number of halogens is 1.